The molecule has 1 aliphatic carbocycles. The molecule has 1 amide bonds. The van der Waals surface area contributed by atoms with Gasteiger partial charge in [0.1, 0.15) is 6.10 Å². The SMILES string of the molecule is CC(OC1CCCCCC1)C(=O)NCC(C)(O)CCN(C)C. The lowest BCUT2D eigenvalue weighted by molar-refractivity contribution is -0.137. The quantitative estimate of drug-likeness (QED) is 0.672. The molecule has 0 aromatic heterocycles. The van der Waals surface area contributed by atoms with Gasteiger partial charge in [-0.3, -0.25) is 4.79 Å². The van der Waals surface area contributed by atoms with Gasteiger partial charge in [-0.15, -0.1) is 0 Å². The Morgan fingerprint density at radius 3 is 2.45 bits per heavy atom. The van der Waals surface area contributed by atoms with Crippen LogP contribution in [0.1, 0.15) is 58.8 Å². The number of aliphatic hydroxyl groups is 1. The van der Waals surface area contributed by atoms with Crippen LogP contribution in [0.4, 0.5) is 0 Å². The van der Waals surface area contributed by atoms with E-state index in [1.165, 1.54) is 25.7 Å². The summed E-state index contributed by atoms with van der Waals surface area (Å²) < 4.78 is 5.89. The van der Waals surface area contributed by atoms with Crippen LogP contribution in [0.2, 0.25) is 0 Å². The Bertz CT molecular complexity index is 324. The van der Waals surface area contributed by atoms with Crippen LogP contribution in [0.15, 0.2) is 0 Å². The Balaban J connectivity index is 2.30. The van der Waals surface area contributed by atoms with Crippen LogP contribution in [0.5, 0.6) is 0 Å². The van der Waals surface area contributed by atoms with Gasteiger partial charge in [0, 0.05) is 13.1 Å². The third kappa shape index (κ3) is 8.11. The lowest BCUT2D eigenvalue weighted by atomic mass is 10.0. The molecule has 1 fully saturated rings. The van der Waals surface area contributed by atoms with Crippen LogP contribution in [0.25, 0.3) is 0 Å². The number of ether oxygens (including phenoxy) is 1. The molecule has 130 valence electrons. The second-order valence-corrected chi connectivity index (χ2v) is 7.16. The summed E-state index contributed by atoms with van der Waals surface area (Å²) in [6, 6.07) is 0. The molecule has 22 heavy (non-hydrogen) atoms. The lowest BCUT2D eigenvalue weighted by Gasteiger charge is -2.27. The topological polar surface area (TPSA) is 61.8 Å². The molecule has 0 aromatic carbocycles. The maximum atomic E-state index is 12.1. The number of carbonyl (C=O) groups excluding carboxylic acids is 1. The monoisotopic (exact) mass is 314 g/mol. The van der Waals surface area contributed by atoms with Gasteiger partial charge in [0.25, 0.3) is 0 Å². The third-order valence-electron chi connectivity index (χ3n) is 4.31. The molecule has 2 unspecified atom stereocenters. The summed E-state index contributed by atoms with van der Waals surface area (Å²) >= 11 is 0. The molecule has 0 bridgehead atoms. The molecular weight excluding hydrogens is 280 g/mol. The van der Waals surface area contributed by atoms with Crippen LogP contribution in [-0.2, 0) is 9.53 Å². The van der Waals surface area contributed by atoms with E-state index in [9.17, 15) is 9.90 Å². The summed E-state index contributed by atoms with van der Waals surface area (Å²) in [4.78, 5) is 14.2. The molecule has 0 saturated heterocycles. The molecule has 2 atom stereocenters. The summed E-state index contributed by atoms with van der Waals surface area (Å²) in [6.07, 6.45) is 7.42. The van der Waals surface area contributed by atoms with Gasteiger partial charge in [0.15, 0.2) is 0 Å². The van der Waals surface area contributed by atoms with Gasteiger partial charge in [-0.1, -0.05) is 25.7 Å². The fourth-order valence-electron chi connectivity index (χ4n) is 2.70. The highest BCUT2D eigenvalue weighted by atomic mass is 16.5. The standard InChI is InChI=1S/C17H34N2O3/c1-14(22-15-9-7-5-6-8-10-15)16(20)18-13-17(2,21)11-12-19(3)4/h14-15,21H,5-13H2,1-4H3,(H,18,20). The number of rotatable bonds is 8. The highest BCUT2D eigenvalue weighted by Gasteiger charge is 2.24. The van der Waals surface area contributed by atoms with Crippen molar-refractivity contribution >= 4 is 5.91 Å². The molecule has 0 aromatic rings. The number of amides is 1. The predicted molar refractivity (Wildman–Crippen MR) is 88.8 cm³/mol. The van der Waals surface area contributed by atoms with E-state index in [1.54, 1.807) is 13.8 Å². The molecule has 5 heteroatoms. The van der Waals surface area contributed by atoms with Crippen molar-refractivity contribution in [3.8, 4) is 0 Å². The first-order chi connectivity index (χ1) is 10.3. The summed E-state index contributed by atoms with van der Waals surface area (Å²) in [7, 11) is 3.94. The van der Waals surface area contributed by atoms with Gasteiger partial charge in [0.05, 0.1) is 11.7 Å². The van der Waals surface area contributed by atoms with Crippen molar-refractivity contribution in [1.29, 1.82) is 0 Å². The molecule has 0 radical (unpaired) electrons. The van der Waals surface area contributed by atoms with E-state index in [4.69, 9.17) is 4.74 Å². The zero-order valence-corrected chi connectivity index (χ0v) is 14.7. The average Bonchev–Trinajstić information content (AvgIpc) is 2.71. The van der Waals surface area contributed by atoms with E-state index in [2.05, 4.69) is 5.32 Å². The van der Waals surface area contributed by atoms with E-state index in [-0.39, 0.29) is 18.6 Å². The largest absolute Gasteiger partial charge is 0.388 e. The molecule has 1 saturated carbocycles. The number of hydrogen-bond acceptors (Lipinski definition) is 4. The van der Waals surface area contributed by atoms with E-state index in [0.29, 0.717) is 6.42 Å². The van der Waals surface area contributed by atoms with Crippen molar-refractivity contribution < 1.29 is 14.6 Å². The highest BCUT2D eigenvalue weighted by molar-refractivity contribution is 5.80. The van der Waals surface area contributed by atoms with Crippen molar-refractivity contribution in [2.24, 2.45) is 0 Å². The first-order valence-corrected chi connectivity index (χ1v) is 8.60. The predicted octanol–water partition coefficient (Wildman–Crippen LogP) is 1.93. The Kier molecular flexibility index (Phi) is 8.36. The van der Waals surface area contributed by atoms with Crippen molar-refractivity contribution in [3.63, 3.8) is 0 Å². The summed E-state index contributed by atoms with van der Waals surface area (Å²) in [6.45, 7) is 4.61. The minimum Gasteiger partial charge on any atom is -0.388 e. The first kappa shape index (κ1) is 19.4. The van der Waals surface area contributed by atoms with E-state index < -0.39 is 11.7 Å². The lowest BCUT2D eigenvalue weighted by Crippen LogP contribution is -2.46. The van der Waals surface area contributed by atoms with Crippen molar-refractivity contribution in [2.75, 3.05) is 27.2 Å². The third-order valence-corrected chi connectivity index (χ3v) is 4.31. The summed E-state index contributed by atoms with van der Waals surface area (Å²) in [5, 5.41) is 13.1. The Labute approximate surface area is 135 Å². The van der Waals surface area contributed by atoms with Crippen molar-refractivity contribution in [1.82, 2.24) is 10.2 Å². The maximum Gasteiger partial charge on any atom is 0.248 e. The van der Waals surface area contributed by atoms with Gasteiger partial charge < -0.3 is 20.1 Å². The van der Waals surface area contributed by atoms with E-state index in [0.717, 1.165) is 19.4 Å². The van der Waals surface area contributed by atoms with E-state index >= 15 is 0 Å². The van der Waals surface area contributed by atoms with Crippen LogP contribution in [-0.4, -0.2) is 60.9 Å². The zero-order valence-electron chi connectivity index (χ0n) is 14.7. The van der Waals surface area contributed by atoms with Gasteiger partial charge >= 0.3 is 0 Å². The second kappa shape index (κ2) is 9.48. The highest BCUT2D eigenvalue weighted by Crippen LogP contribution is 2.21. The Morgan fingerprint density at radius 1 is 1.32 bits per heavy atom. The molecule has 0 aliphatic heterocycles. The number of hydrogen-bond donors (Lipinski definition) is 2. The number of nitrogens with one attached hydrogen (secondary N) is 1. The van der Waals surface area contributed by atoms with Gasteiger partial charge in [-0.25, -0.2) is 0 Å². The maximum absolute atomic E-state index is 12.1. The van der Waals surface area contributed by atoms with Crippen LogP contribution < -0.4 is 5.32 Å². The molecule has 0 spiro atoms. The Morgan fingerprint density at radius 2 is 1.91 bits per heavy atom. The van der Waals surface area contributed by atoms with Crippen LogP contribution >= 0.6 is 0 Å². The fourth-order valence-corrected chi connectivity index (χ4v) is 2.70. The van der Waals surface area contributed by atoms with Crippen molar-refractivity contribution in [2.45, 2.75) is 76.6 Å². The van der Waals surface area contributed by atoms with Crippen LogP contribution in [0.3, 0.4) is 0 Å². The van der Waals surface area contributed by atoms with Gasteiger partial charge in [-0.05, 0) is 47.2 Å². The molecule has 2 N–H and O–H groups in total. The summed E-state index contributed by atoms with van der Waals surface area (Å²) in [5.74, 6) is -0.130. The Hall–Kier alpha value is -0.650. The minimum absolute atomic E-state index is 0.130. The normalized spacial score (nSPS) is 21.2. The number of nitrogens with zero attached hydrogens (tertiary/aromatic N) is 1. The minimum atomic E-state index is -0.887. The molecular formula is C17H34N2O3. The summed E-state index contributed by atoms with van der Waals surface area (Å²) in [5.41, 5.74) is -0.887. The number of carbonyl (C=O) groups is 1. The molecule has 1 rings (SSSR count). The van der Waals surface area contributed by atoms with Gasteiger partial charge in [-0.2, -0.15) is 0 Å². The fraction of sp³-hybridized carbons (Fsp3) is 0.941. The zero-order chi connectivity index (χ0) is 16.6. The molecule has 5 nitrogen and oxygen atoms in total. The molecule has 0 heterocycles. The van der Waals surface area contributed by atoms with Gasteiger partial charge in [0.2, 0.25) is 5.91 Å². The second-order valence-electron chi connectivity index (χ2n) is 7.16. The average molecular weight is 314 g/mol. The van der Waals surface area contributed by atoms with Crippen molar-refractivity contribution in [3.05, 3.63) is 0 Å². The molecule has 1 aliphatic rings. The smallest absolute Gasteiger partial charge is 0.248 e. The van der Waals surface area contributed by atoms with Crippen LogP contribution in [0, 0.1) is 0 Å². The first-order valence-electron chi connectivity index (χ1n) is 8.60. The van der Waals surface area contributed by atoms with E-state index in [1.807, 2.05) is 19.0 Å².